The Balaban J connectivity index is 2.35. The Kier molecular flexibility index (Phi) is 3.22. The zero-order valence-electron chi connectivity index (χ0n) is 8.24. The standard InChI is InChI=1S/C8H16N4S/c1-8(2,3)6(9)4-10-7-11-5-12-13-7/h5-6H,4,9H2,1-3H3,(H,10,11,12). The minimum absolute atomic E-state index is 0.122. The molecule has 1 heterocycles. The Morgan fingerprint density at radius 2 is 2.31 bits per heavy atom. The molecule has 0 bridgehead atoms. The predicted octanol–water partition coefficient (Wildman–Crippen LogP) is 1.32. The van der Waals surface area contributed by atoms with Crippen LogP contribution in [0, 0.1) is 5.41 Å². The molecule has 1 atom stereocenters. The highest BCUT2D eigenvalue weighted by molar-refractivity contribution is 7.09. The van der Waals surface area contributed by atoms with Crippen molar-refractivity contribution in [3.05, 3.63) is 6.33 Å². The summed E-state index contributed by atoms with van der Waals surface area (Å²) >= 11 is 1.35. The van der Waals surface area contributed by atoms with Crippen molar-refractivity contribution >= 4 is 16.7 Å². The van der Waals surface area contributed by atoms with Crippen LogP contribution in [-0.4, -0.2) is 21.9 Å². The van der Waals surface area contributed by atoms with E-state index in [9.17, 15) is 0 Å². The molecule has 1 rings (SSSR count). The topological polar surface area (TPSA) is 63.8 Å². The molecule has 13 heavy (non-hydrogen) atoms. The number of hydrogen-bond acceptors (Lipinski definition) is 5. The quantitative estimate of drug-likeness (QED) is 0.772. The number of aromatic nitrogens is 2. The first-order valence-corrected chi connectivity index (χ1v) is 5.03. The molecule has 0 amide bonds. The van der Waals surface area contributed by atoms with Crippen molar-refractivity contribution in [1.29, 1.82) is 0 Å². The van der Waals surface area contributed by atoms with E-state index in [1.165, 1.54) is 17.9 Å². The van der Waals surface area contributed by atoms with E-state index < -0.39 is 0 Å². The third kappa shape index (κ3) is 3.28. The van der Waals surface area contributed by atoms with Gasteiger partial charge < -0.3 is 11.1 Å². The lowest BCUT2D eigenvalue weighted by atomic mass is 9.87. The molecule has 0 aliphatic heterocycles. The van der Waals surface area contributed by atoms with Gasteiger partial charge in [-0.1, -0.05) is 20.8 Å². The lowest BCUT2D eigenvalue weighted by molar-refractivity contribution is 0.331. The van der Waals surface area contributed by atoms with Gasteiger partial charge in [0.15, 0.2) is 0 Å². The van der Waals surface area contributed by atoms with Crippen LogP contribution >= 0.6 is 11.5 Å². The van der Waals surface area contributed by atoms with Crippen LogP contribution in [-0.2, 0) is 0 Å². The van der Waals surface area contributed by atoms with E-state index in [-0.39, 0.29) is 11.5 Å². The van der Waals surface area contributed by atoms with Gasteiger partial charge in [-0.25, -0.2) is 4.98 Å². The van der Waals surface area contributed by atoms with Gasteiger partial charge in [-0.15, -0.1) is 0 Å². The second-order valence-corrected chi connectivity index (χ2v) is 4.88. The molecule has 4 nitrogen and oxygen atoms in total. The molecule has 0 aliphatic carbocycles. The van der Waals surface area contributed by atoms with Gasteiger partial charge in [-0.05, 0) is 5.41 Å². The van der Waals surface area contributed by atoms with Crippen molar-refractivity contribution in [2.45, 2.75) is 26.8 Å². The van der Waals surface area contributed by atoms with Crippen LogP contribution in [0.2, 0.25) is 0 Å². The van der Waals surface area contributed by atoms with Gasteiger partial charge in [0.25, 0.3) is 0 Å². The number of hydrogen-bond donors (Lipinski definition) is 2. The predicted molar refractivity (Wildman–Crippen MR) is 55.8 cm³/mol. The summed E-state index contributed by atoms with van der Waals surface area (Å²) in [4.78, 5) is 4.01. The van der Waals surface area contributed by atoms with Crippen LogP contribution < -0.4 is 11.1 Å². The first-order chi connectivity index (χ1) is 6.00. The van der Waals surface area contributed by atoms with Crippen LogP contribution in [0.15, 0.2) is 6.33 Å². The normalized spacial score (nSPS) is 14.2. The second kappa shape index (κ2) is 4.02. The van der Waals surface area contributed by atoms with E-state index in [1.54, 1.807) is 0 Å². The lowest BCUT2D eigenvalue weighted by Crippen LogP contribution is -2.40. The zero-order valence-corrected chi connectivity index (χ0v) is 9.06. The van der Waals surface area contributed by atoms with E-state index in [0.29, 0.717) is 0 Å². The first-order valence-electron chi connectivity index (χ1n) is 4.26. The minimum Gasteiger partial charge on any atom is -0.359 e. The second-order valence-electron chi connectivity index (χ2n) is 4.10. The van der Waals surface area contributed by atoms with Crippen LogP contribution in [0.25, 0.3) is 0 Å². The molecule has 0 saturated carbocycles. The molecule has 0 aromatic carbocycles. The van der Waals surface area contributed by atoms with Crippen LogP contribution in [0.1, 0.15) is 20.8 Å². The maximum absolute atomic E-state index is 5.96. The fourth-order valence-corrected chi connectivity index (χ4v) is 1.19. The van der Waals surface area contributed by atoms with Crippen LogP contribution in [0.5, 0.6) is 0 Å². The van der Waals surface area contributed by atoms with E-state index in [2.05, 4.69) is 35.4 Å². The summed E-state index contributed by atoms with van der Waals surface area (Å²) in [5.41, 5.74) is 6.08. The number of nitrogens with one attached hydrogen (secondary N) is 1. The molecule has 0 radical (unpaired) electrons. The Bertz CT molecular complexity index is 239. The fraction of sp³-hybridized carbons (Fsp3) is 0.750. The Morgan fingerprint density at radius 1 is 1.62 bits per heavy atom. The molecule has 5 heteroatoms. The number of nitrogens with two attached hydrogens (primary N) is 1. The Labute approximate surface area is 82.7 Å². The molecule has 0 spiro atoms. The lowest BCUT2D eigenvalue weighted by Gasteiger charge is -2.26. The fourth-order valence-electron chi connectivity index (χ4n) is 0.754. The van der Waals surface area contributed by atoms with Gasteiger partial charge >= 0.3 is 0 Å². The Morgan fingerprint density at radius 3 is 2.77 bits per heavy atom. The van der Waals surface area contributed by atoms with Gasteiger partial charge in [-0.2, -0.15) is 4.37 Å². The molecule has 1 unspecified atom stereocenters. The largest absolute Gasteiger partial charge is 0.359 e. The van der Waals surface area contributed by atoms with Gasteiger partial charge in [0.2, 0.25) is 5.13 Å². The zero-order chi connectivity index (χ0) is 9.90. The van der Waals surface area contributed by atoms with Gasteiger partial charge in [0.05, 0.1) is 0 Å². The van der Waals surface area contributed by atoms with E-state index >= 15 is 0 Å². The summed E-state index contributed by atoms with van der Waals surface area (Å²) in [6.07, 6.45) is 1.54. The maximum atomic E-state index is 5.96. The molecule has 1 aromatic heterocycles. The van der Waals surface area contributed by atoms with Crippen molar-refractivity contribution in [1.82, 2.24) is 9.36 Å². The molecule has 0 aliphatic rings. The smallest absolute Gasteiger partial charge is 0.202 e. The molecule has 0 saturated heterocycles. The summed E-state index contributed by atoms with van der Waals surface area (Å²) < 4.78 is 3.89. The minimum atomic E-state index is 0.122. The maximum Gasteiger partial charge on any atom is 0.202 e. The molecule has 1 aromatic rings. The van der Waals surface area contributed by atoms with Crippen molar-refractivity contribution in [3.8, 4) is 0 Å². The van der Waals surface area contributed by atoms with Crippen LogP contribution in [0.3, 0.4) is 0 Å². The van der Waals surface area contributed by atoms with Crippen LogP contribution in [0.4, 0.5) is 5.13 Å². The SMILES string of the molecule is CC(C)(C)C(N)CNc1ncns1. The van der Waals surface area contributed by atoms with Gasteiger partial charge in [-0.3, -0.25) is 0 Å². The van der Waals surface area contributed by atoms with Crippen molar-refractivity contribution in [3.63, 3.8) is 0 Å². The Hall–Kier alpha value is -0.680. The molecule has 3 N–H and O–H groups in total. The summed E-state index contributed by atoms with van der Waals surface area (Å²) in [6, 6.07) is 0.122. The third-order valence-corrected chi connectivity index (χ3v) is 2.57. The van der Waals surface area contributed by atoms with E-state index in [0.717, 1.165) is 11.7 Å². The highest BCUT2D eigenvalue weighted by Gasteiger charge is 2.20. The molecular weight excluding hydrogens is 184 g/mol. The summed E-state index contributed by atoms with van der Waals surface area (Å²) in [6.45, 7) is 7.11. The van der Waals surface area contributed by atoms with Gasteiger partial charge in [0, 0.05) is 24.1 Å². The van der Waals surface area contributed by atoms with Crippen molar-refractivity contribution in [2.75, 3.05) is 11.9 Å². The number of anilines is 1. The van der Waals surface area contributed by atoms with Gasteiger partial charge in [0.1, 0.15) is 6.33 Å². The third-order valence-electron chi connectivity index (χ3n) is 1.95. The summed E-state index contributed by atoms with van der Waals surface area (Å²) in [5.74, 6) is 0. The summed E-state index contributed by atoms with van der Waals surface area (Å²) in [7, 11) is 0. The number of nitrogens with zero attached hydrogens (tertiary/aromatic N) is 2. The van der Waals surface area contributed by atoms with E-state index in [1.807, 2.05) is 0 Å². The van der Waals surface area contributed by atoms with E-state index in [4.69, 9.17) is 5.73 Å². The summed E-state index contributed by atoms with van der Waals surface area (Å²) in [5, 5.41) is 3.98. The molecular formula is C8H16N4S. The molecule has 74 valence electrons. The monoisotopic (exact) mass is 200 g/mol. The van der Waals surface area contributed by atoms with Crippen molar-refractivity contribution in [2.24, 2.45) is 11.1 Å². The average molecular weight is 200 g/mol. The number of rotatable bonds is 3. The first kappa shape index (κ1) is 10.4. The average Bonchev–Trinajstić information content (AvgIpc) is 2.50. The van der Waals surface area contributed by atoms with Crippen molar-refractivity contribution < 1.29 is 0 Å². The highest BCUT2D eigenvalue weighted by Crippen LogP contribution is 2.17. The molecule has 0 fully saturated rings. The highest BCUT2D eigenvalue weighted by atomic mass is 32.1.